The zero-order chi connectivity index (χ0) is 15.4. The summed E-state index contributed by atoms with van der Waals surface area (Å²) in [6, 6.07) is 4.66. The Morgan fingerprint density at radius 2 is 2.24 bits per heavy atom. The molecule has 1 unspecified atom stereocenters. The SMILES string of the molecule is CCCC(NC(=O)C1=Cc2cc(Br)ccc2OC1)C(=O)O. The molecule has 0 spiro atoms. The van der Waals surface area contributed by atoms with Gasteiger partial charge in [0.25, 0.3) is 5.91 Å². The van der Waals surface area contributed by atoms with Crippen molar-refractivity contribution in [2.75, 3.05) is 6.61 Å². The number of halogens is 1. The molecule has 1 aromatic rings. The van der Waals surface area contributed by atoms with E-state index in [4.69, 9.17) is 9.84 Å². The van der Waals surface area contributed by atoms with E-state index in [9.17, 15) is 9.59 Å². The van der Waals surface area contributed by atoms with Crippen LogP contribution in [0.15, 0.2) is 28.2 Å². The highest BCUT2D eigenvalue weighted by Gasteiger charge is 2.23. The number of carbonyl (C=O) groups excluding carboxylic acids is 1. The summed E-state index contributed by atoms with van der Waals surface area (Å²) in [5.41, 5.74) is 1.21. The molecule has 2 N–H and O–H groups in total. The quantitative estimate of drug-likeness (QED) is 0.852. The number of amides is 1. The molecule has 1 amide bonds. The van der Waals surface area contributed by atoms with Crippen LogP contribution in [0.3, 0.4) is 0 Å². The zero-order valence-corrected chi connectivity index (χ0v) is 13.1. The van der Waals surface area contributed by atoms with Crippen molar-refractivity contribution in [3.8, 4) is 5.75 Å². The van der Waals surface area contributed by atoms with E-state index >= 15 is 0 Å². The van der Waals surface area contributed by atoms with Crippen molar-refractivity contribution < 1.29 is 19.4 Å². The standard InChI is InChI=1S/C15H16BrNO4/c1-2-3-12(15(19)20)17-14(18)10-6-9-7-11(16)4-5-13(9)21-8-10/h4-7,12H,2-3,8H2,1H3,(H,17,18)(H,19,20). The number of nitrogens with one attached hydrogen (secondary N) is 1. The van der Waals surface area contributed by atoms with Gasteiger partial charge in [-0.05, 0) is 30.7 Å². The average Bonchev–Trinajstić information content (AvgIpc) is 2.45. The van der Waals surface area contributed by atoms with Gasteiger partial charge in [0.2, 0.25) is 0 Å². The van der Waals surface area contributed by atoms with Crippen molar-refractivity contribution >= 4 is 33.9 Å². The predicted molar refractivity (Wildman–Crippen MR) is 82.1 cm³/mol. The van der Waals surface area contributed by atoms with Crippen molar-refractivity contribution in [3.05, 3.63) is 33.8 Å². The lowest BCUT2D eigenvalue weighted by molar-refractivity contribution is -0.141. The van der Waals surface area contributed by atoms with Crippen LogP contribution in [0.2, 0.25) is 0 Å². The molecule has 0 bridgehead atoms. The Bertz CT molecular complexity index is 597. The number of hydrogen-bond donors (Lipinski definition) is 2. The number of benzene rings is 1. The van der Waals surface area contributed by atoms with Crippen LogP contribution < -0.4 is 10.1 Å². The summed E-state index contributed by atoms with van der Waals surface area (Å²) >= 11 is 3.36. The van der Waals surface area contributed by atoms with Gasteiger partial charge in [-0.3, -0.25) is 4.79 Å². The maximum absolute atomic E-state index is 12.1. The maximum Gasteiger partial charge on any atom is 0.326 e. The van der Waals surface area contributed by atoms with Gasteiger partial charge in [0, 0.05) is 10.0 Å². The van der Waals surface area contributed by atoms with E-state index < -0.39 is 17.9 Å². The van der Waals surface area contributed by atoms with Crippen molar-refractivity contribution in [1.29, 1.82) is 0 Å². The lowest BCUT2D eigenvalue weighted by atomic mass is 10.1. The minimum atomic E-state index is -1.02. The van der Waals surface area contributed by atoms with Gasteiger partial charge in [-0.15, -0.1) is 0 Å². The van der Waals surface area contributed by atoms with Crippen LogP contribution in [-0.4, -0.2) is 29.6 Å². The molecular formula is C15H16BrNO4. The third-order valence-electron chi connectivity index (χ3n) is 3.16. The number of ether oxygens (including phenoxy) is 1. The van der Waals surface area contributed by atoms with Crippen molar-refractivity contribution in [3.63, 3.8) is 0 Å². The number of rotatable bonds is 5. The third-order valence-corrected chi connectivity index (χ3v) is 3.65. The molecule has 6 heteroatoms. The van der Waals surface area contributed by atoms with E-state index in [2.05, 4.69) is 21.2 Å². The topological polar surface area (TPSA) is 75.6 Å². The molecule has 0 saturated carbocycles. The molecule has 0 aromatic heterocycles. The molecule has 1 heterocycles. The van der Waals surface area contributed by atoms with Gasteiger partial charge in [-0.2, -0.15) is 0 Å². The summed E-state index contributed by atoms with van der Waals surface area (Å²) in [6.45, 7) is 2.01. The fourth-order valence-electron chi connectivity index (χ4n) is 2.08. The summed E-state index contributed by atoms with van der Waals surface area (Å²) in [5.74, 6) is -0.717. The first-order chi connectivity index (χ1) is 10.0. The van der Waals surface area contributed by atoms with Crippen LogP contribution >= 0.6 is 15.9 Å². The minimum Gasteiger partial charge on any atom is -0.488 e. The molecule has 0 radical (unpaired) electrons. The molecule has 0 fully saturated rings. The molecule has 0 saturated heterocycles. The van der Waals surface area contributed by atoms with E-state index in [1.165, 1.54) is 0 Å². The van der Waals surface area contributed by atoms with Gasteiger partial charge < -0.3 is 15.2 Å². The highest BCUT2D eigenvalue weighted by Crippen LogP contribution is 2.29. The highest BCUT2D eigenvalue weighted by molar-refractivity contribution is 9.10. The minimum absolute atomic E-state index is 0.138. The highest BCUT2D eigenvalue weighted by atomic mass is 79.9. The lowest BCUT2D eigenvalue weighted by Crippen LogP contribution is -2.42. The molecule has 0 aliphatic carbocycles. The van der Waals surface area contributed by atoms with Crippen LogP contribution in [0.25, 0.3) is 6.08 Å². The summed E-state index contributed by atoms with van der Waals surface area (Å²) in [6.07, 6.45) is 2.81. The smallest absolute Gasteiger partial charge is 0.326 e. The normalized spacial score (nSPS) is 14.5. The van der Waals surface area contributed by atoms with Gasteiger partial charge in [0.1, 0.15) is 18.4 Å². The molecule has 21 heavy (non-hydrogen) atoms. The largest absolute Gasteiger partial charge is 0.488 e. The molecule has 5 nitrogen and oxygen atoms in total. The van der Waals surface area contributed by atoms with E-state index in [0.29, 0.717) is 24.2 Å². The Hall–Kier alpha value is -1.82. The first-order valence-corrected chi connectivity index (χ1v) is 7.47. The number of carboxylic acids is 1. The molecule has 1 aliphatic rings. The summed E-state index contributed by atoms with van der Waals surface area (Å²) in [4.78, 5) is 23.2. The molecule has 1 aliphatic heterocycles. The Balaban J connectivity index is 2.15. The predicted octanol–water partition coefficient (Wildman–Crippen LogP) is 2.59. The summed E-state index contributed by atoms with van der Waals surface area (Å²) in [7, 11) is 0. The Morgan fingerprint density at radius 1 is 1.48 bits per heavy atom. The number of fused-ring (bicyclic) bond motifs is 1. The van der Waals surface area contributed by atoms with Crippen LogP contribution in [-0.2, 0) is 9.59 Å². The van der Waals surface area contributed by atoms with Gasteiger partial charge >= 0.3 is 5.97 Å². The maximum atomic E-state index is 12.1. The molecule has 1 atom stereocenters. The summed E-state index contributed by atoms with van der Waals surface area (Å²) < 4.78 is 6.40. The van der Waals surface area contributed by atoms with Gasteiger partial charge in [0.05, 0.1) is 5.57 Å². The second-order valence-electron chi connectivity index (χ2n) is 4.79. The molecule has 112 valence electrons. The molecule has 2 rings (SSSR count). The van der Waals surface area contributed by atoms with E-state index in [0.717, 1.165) is 10.0 Å². The first-order valence-electron chi connectivity index (χ1n) is 6.68. The van der Waals surface area contributed by atoms with Crippen LogP contribution in [0.5, 0.6) is 5.75 Å². The molecule has 1 aromatic carbocycles. The van der Waals surface area contributed by atoms with Crippen LogP contribution in [0, 0.1) is 0 Å². The number of aliphatic carboxylic acids is 1. The second kappa shape index (κ2) is 6.76. The van der Waals surface area contributed by atoms with Crippen LogP contribution in [0.4, 0.5) is 0 Å². The van der Waals surface area contributed by atoms with Gasteiger partial charge in [-0.1, -0.05) is 29.3 Å². The number of hydrogen-bond acceptors (Lipinski definition) is 3. The monoisotopic (exact) mass is 353 g/mol. The Morgan fingerprint density at radius 3 is 2.90 bits per heavy atom. The van der Waals surface area contributed by atoms with E-state index in [1.807, 2.05) is 25.1 Å². The van der Waals surface area contributed by atoms with Gasteiger partial charge in [0.15, 0.2) is 0 Å². The summed E-state index contributed by atoms with van der Waals surface area (Å²) in [5, 5.41) is 11.6. The number of carbonyl (C=O) groups is 2. The average molecular weight is 354 g/mol. The molecular weight excluding hydrogens is 338 g/mol. The van der Waals surface area contributed by atoms with E-state index in [1.54, 1.807) is 6.08 Å². The fourth-order valence-corrected chi connectivity index (χ4v) is 2.46. The van der Waals surface area contributed by atoms with Crippen molar-refractivity contribution in [2.45, 2.75) is 25.8 Å². The van der Waals surface area contributed by atoms with E-state index in [-0.39, 0.29) is 6.61 Å². The van der Waals surface area contributed by atoms with Gasteiger partial charge in [-0.25, -0.2) is 4.79 Å². The van der Waals surface area contributed by atoms with Crippen molar-refractivity contribution in [2.24, 2.45) is 0 Å². The Kier molecular flexibility index (Phi) is 5.01. The second-order valence-corrected chi connectivity index (χ2v) is 5.71. The fraction of sp³-hybridized carbons (Fsp3) is 0.333. The lowest BCUT2D eigenvalue weighted by Gasteiger charge is -2.20. The number of carboxylic acid groups (broad SMARTS) is 1. The first kappa shape index (κ1) is 15.6. The third kappa shape index (κ3) is 3.85. The zero-order valence-electron chi connectivity index (χ0n) is 11.6. The van der Waals surface area contributed by atoms with Crippen LogP contribution in [0.1, 0.15) is 25.3 Å². The Labute approximate surface area is 131 Å². The van der Waals surface area contributed by atoms with Crippen molar-refractivity contribution in [1.82, 2.24) is 5.32 Å².